The van der Waals surface area contributed by atoms with Gasteiger partial charge in [0.1, 0.15) is 11.4 Å². The monoisotopic (exact) mass is 647 g/mol. The Hall–Kier alpha value is -3.99. The second-order valence-corrected chi connectivity index (χ2v) is 12.6. The van der Waals surface area contributed by atoms with Gasteiger partial charge in [0.15, 0.2) is 0 Å². The van der Waals surface area contributed by atoms with Gasteiger partial charge in [-0.3, -0.25) is 14.5 Å². The van der Waals surface area contributed by atoms with Crippen LogP contribution in [0.3, 0.4) is 0 Å². The molecule has 3 aliphatic rings. The number of carbonyl (C=O) groups excluding carboxylic acids is 3. The van der Waals surface area contributed by atoms with Crippen molar-refractivity contribution in [3.63, 3.8) is 0 Å². The van der Waals surface area contributed by atoms with E-state index < -0.39 is 23.7 Å². The number of benzene rings is 3. The largest absolute Gasteiger partial charge is 0.450 e. The molecule has 2 heterocycles. The second kappa shape index (κ2) is 13.8. The van der Waals surface area contributed by atoms with Gasteiger partial charge in [0.25, 0.3) is 0 Å². The van der Waals surface area contributed by atoms with E-state index in [1.54, 1.807) is 42.2 Å². The standard InChI is InChI=1S/C35H39ClFN5O4/c1-2-46-34(45)39-22-31(27-9-5-6-10-29(27)37)41-15-17-42(18-16-41)33(44)35(20-28(35)23-11-13-26(36)14-12-23)40-32(43)30-19-24-7-3-4-8-25(24)21-38-30/h3-14,28,30-31,38H,2,15-22H2,1H3,(H,39,45)(H,40,43)/t28?,30-,31?,35?/m1/s1. The van der Waals surface area contributed by atoms with Crippen molar-refractivity contribution in [3.05, 3.63) is 106 Å². The van der Waals surface area contributed by atoms with Crippen molar-refractivity contribution in [1.29, 1.82) is 0 Å². The van der Waals surface area contributed by atoms with Gasteiger partial charge in [0.2, 0.25) is 11.8 Å². The lowest BCUT2D eigenvalue weighted by molar-refractivity contribution is -0.140. The van der Waals surface area contributed by atoms with Crippen LogP contribution < -0.4 is 16.0 Å². The zero-order chi connectivity index (χ0) is 32.3. The van der Waals surface area contributed by atoms with Crippen LogP contribution in [0, 0.1) is 5.82 Å². The molecule has 9 nitrogen and oxygen atoms in total. The summed E-state index contributed by atoms with van der Waals surface area (Å²) >= 11 is 6.16. The highest BCUT2D eigenvalue weighted by Crippen LogP contribution is 2.53. The molecular weight excluding hydrogens is 609 g/mol. The van der Waals surface area contributed by atoms with Crippen LogP contribution in [0.15, 0.2) is 72.8 Å². The summed E-state index contributed by atoms with van der Waals surface area (Å²) in [5.41, 5.74) is 2.65. The zero-order valence-electron chi connectivity index (χ0n) is 25.8. The van der Waals surface area contributed by atoms with Crippen molar-refractivity contribution in [2.45, 2.75) is 49.9 Å². The van der Waals surface area contributed by atoms with Gasteiger partial charge in [0, 0.05) is 55.8 Å². The highest BCUT2D eigenvalue weighted by atomic mass is 35.5. The average molecular weight is 648 g/mol. The predicted molar refractivity (Wildman–Crippen MR) is 173 cm³/mol. The number of ether oxygens (including phenoxy) is 1. The lowest BCUT2D eigenvalue weighted by atomic mass is 9.95. The van der Waals surface area contributed by atoms with Crippen molar-refractivity contribution >= 4 is 29.5 Å². The number of halogens is 2. The first kappa shape index (κ1) is 32.0. The van der Waals surface area contributed by atoms with Crippen molar-refractivity contribution in [3.8, 4) is 0 Å². The minimum atomic E-state index is -1.07. The third-order valence-corrected chi connectivity index (χ3v) is 9.63. The number of carbonyl (C=O) groups is 3. The molecule has 3 aromatic rings. The quantitative estimate of drug-likeness (QED) is 0.322. The maximum Gasteiger partial charge on any atom is 0.407 e. The molecule has 11 heteroatoms. The smallest absolute Gasteiger partial charge is 0.407 e. The third-order valence-electron chi connectivity index (χ3n) is 9.38. The predicted octanol–water partition coefficient (Wildman–Crippen LogP) is 4.17. The third kappa shape index (κ3) is 6.74. The molecule has 1 aliphatic carbocycles. The molecule has 0 spiro atoms. The van der Waals surface area contributed by atoms with E-state index in [0.717, 1.165) is 11.1 Å². The van der Waals surface area contributed by atoms with E-state index >= 15 is 0 Å². The fourth-order valence-corrected chi connectivity index (χ4v) is 6.92. The molecule has 0 radical (unpaired) electrons. The molecule has 0 bridgehead atoms. The molecule has 46 heavy (non-hydrogen) atoms. The first-order chi connectivity index (χ1) is 22.3. The van der Waals surface area contributed by atoms with Crippen LogP contribution in [0.2, 0.25) is 5.02 Å². The minimum Gasteiger partial charge on any atom is -0.450 e. The Bertz CT molecular complexity index is 1580. The molecule has 3 unspecified atom stereocenters. The van der Waals surface area contributed by atoms with E-state index in [-0.39, 0.29) is 36.7 Å². The van der Waals surface area contributed by atoms with Crippen LogP contribution in [0.5, 0.6) is 0 Å². The van der Waals surface area contributed by atoms with Crippen LogP contribution in [0.25, 0.3) is 0 Å². The Kier molecular flexibility index (Phi) is 9.58. The van der Waals surface area contributed by atoms with E-state index in [0.29, 0.717) is 56.2 Å². The topological polar surface area (TPSA) is 103 Å². The maximum absolute atomic E-state index is 14.9. The van der Waals surface area contributed by atoms with Crippen LogP contribution in [-0.2, 0) is 27.3 Å². The van der Waals surface area contributed by atoms with E-state index in [4.69, 9.17) is 16.3 Å². The highest BCUT2D eigenvalue weighted by Gasteiger charge is 2.63. The molecular formula is C35H39ClFN5O4. The number of rotatable bonds is 9. The first-order valence-corrected chi connectivity index (χ1v) is 16.2. The molecule has 1 saturated heterocycles. The van der Waals surface area contributed by atoms with E-state index in [2.05, 4.69) is 26.9 Å². The SMILES string of the molecule is CCOC(=O)NCC(c1ccccc1F)N1CCN(C(=O)C2(NC(=O)[C@H]3Cc4ccccc4CN3)CC2c2ccc(Cl)cc2)CC1. The van der Waals surface area contributed by atoms with Gasteiger partial charge in [-0.15, -0.1) is 0 Å². The number of amides is 3. The number of nitrogens with one attached hydrogen (secondary N) is 3. The summed E-state index contributed by atoms with van der Waals surface area (Å²) in [6.07, 6.45) is 0.478. The lowest BCUT2D eigenvalue weighted by Crippen LogP contribution is -2.60. The number of hydrogen-bond acceptors (Lipinski definition) is 6. The van der Waals surface area contributed by atoms with Gasteiger partial charge in [-0.1, -0.05) is 66.2 Å². The number of fused-ring (bicyclic) bond motifs is 1. The van der Waals surface area contributed by atoms with Crippen molar-refractivity contribution in [2.24, 2.45) is 0 Å². The molecule has 242 valence electrons. The molecule has 3 aromatic carbocycles. The molecule has 4 atom stereocenters. The van der Waals surface area contributed by atoms with Gasteiger partial charge < -0.3 is 25.6 Å². The summed E-state index contributed by atoms with van der Waals surface area (Å²) in [6.45, 7) is 4.41. The summed E-state index contributed by atoms with van der Waals surface area (Å²) in [5.74, 6) is -0.859. The van der Waals surface area contributed by atoms with E-state index in [1.807, 2.05) is 30.3 Å². The molecule has 1 saturated carbocycles. The van der Waals surface area contributed by atoms with Crippen LogP contribution in [0.1, 0.15) is 47.6 Å². The molecule has 2 aliphatic heterocycles. The number of nitrogens with zero attached hydrogens (tertiary/aromatic N) is 2. The van der Waals surface area contributed by atoms with E-state index in [1.165, 1.54) is 11.6 Å². The fourth-order valence-electron chi connectivity index (χ4n) is 6.80. The fraction of sp³-hybridized carbons (Fsp3) is 0.400. The number of piperazine rings is 1. The minimum absolute atomic E-state index is 0.122. The Labute approximate surface area is 273 Å². The van der Waals surface area contributed by atoms with Gasteiger partial charge in [-0.2, -0.15) is 0 Å². The van der Waals surface area contributed by atoms with Crippen LogP contribution >= 0.6 is 11.6 Å². The molecule has 2 fully saturated rings. The Morgan fingerprint density at radius 2 is 1.70 bits per heavy atom. The van der Waals surface area contributed by atoms with Gasteiger partial charge in [0.05, 0.1) is 18.7 Å². The zero-order valence-corrected chi connectivity index (χ0v) is 26.6. The van der Waals surface area contributed by atoms with Gasteiger partial charge in [-0.25, -0.2) is 9.18 Å². The number of alkyl carbamates (subject to hydrolysis) is 1. The first-order valence-electron chi connectivity index (χ1n) is 15.8. The Morgan fingerprint density at radius 3 is 2.41 bits per heavy atom. The summed E-state index contributed by atoms with van der Waals surface area (Å²) in [6, 6.07) is 21.1. The summed E-state index contributed by atoms with van der Waals surface area (Å²) in [5, 5.41) is 9.89. The maximum atomic E-state index is 14.9. The molecule has 0 aromatic heterocycles. The van der Waals surface area contributed by atoms with Crippen molar-refractivity contribution < 1.29 is 23.5 Å². The second-order valence-electron chi connectivity index (χ2n) is 12.1. The van der Waals surface area contributed by atoms with E-state index in [9.17, 15) is 18.8 Å². The Morgan fingerprint density at radius 1 is 1.00 bits per heavy atom. The lowest BCUT2D eigenvalue weighted by Gasteiger charge is -2.41. The molecule has 6 rings (SSSR count). The van der Waals surface area contributed by atoms with Gasteiger partial charge in [-0.05, 0) is 54.7 Å². The summed E-state index contributed by atoms with van der Waals surface area (Å²) in [4.78, 5) is 44.0. The van der Waals surface area contributed by atoms with Crippen molar-refractivity contribution in [2.75, 3.05) is 39.3 Å². The summed E-state index contributed by atoms with van der Waals surface area (Å²) < 4.78 is 20.0. The molecule has 3 N–H and O–H groups in total. The summed E-state index contributed by atoms with van der Waals surface area (Å²) in [7, 11) is 0. The van der Waals surface area contributed by atoms with Crippen molar-refractivity contribution in [1.82, 2.24) is 25.8 Å². The Balaban J connectivity index is 1.17. The highest BCUT2D eigenvalue weighted by molar-refractivity contribution is 6.30. The number of hydrogen-bond donors (Lipinski definition) is 3. The normalized spacial score (nSPS) is 23.2. The van der Waals surface area contributed by atoms with Crippen LogP contribution in [-0.4, -0.2) is 78.6 Å². The van der Waals surface area contributed by atoms with Crippen LogP contribution in [0.4, 0.5) is 9.18 Å². The van der Waals surface area contributed by atoms with Gasteiger partial charge >= 0.3 is 6.09 Å². The molecule has 3 amide bonds. The average Bonchev–Trinajstić information content (AvgIpc) is 3.80.